The number of benzene rings is 2. The lowest BCUT2D eigenvalue weighted by molar-refractivity contribution is -0.122. The van der Waals surface area contributed by atoms with Crippen molar-refractivity contribution in [3.8, 4) is 11.4 Å². The van der Waals surface area contributed by atoms with Gasteiger partial charge in [0.15, 0.2) is 0 Å². The van der Waals surface area contributed by atoms with Crippen LogP contribution in [0.15, 0.2) is 47.0 Å². The molecule has 1 aliphatic heterocycles. The highest BCUT2D eigenvalue weighted by Gasteiger charge is 2.35. The first-order valence-electron chi connectivity index (χ1n) is 8.88. The predicted octanol–water partition coefficient (Wildman–Crippen LogP) is 3.83. The summed E-state index contributed by atoms with van der Waals surface area (Å²) in [5.41, 5.74) is 1.73. The van der Waals surface area contributed by atoms with E-state index in [1.807, 2.05) is 6.07 Å². The van der Waals surface area contributed by atoms with E-state index in [0.29, 0.717) is 28.7 Å². The molecular weight excluding hydrogens is 399 g/mol. The summed E-state index contributed by atoms with van der Waals surface area (Å²) in [5.74, 6) is -0.720. The Morgan fingerprint density at radius 2 is 2.14 bits per heavy atom. The predicted molar refractivity (Wildman–Crippen MR) is 105 cm³/mol. The molecule has 7 nitrogen and oxygen atoms in total. The number of hydrogen-bond donors (Lipinski definition) is 1. The van der Waals surface area contributed by atoms with E-state index >= 15 is 0 Å². The number of carbonyl (C=O) groups excluding carboxylic acids is 2. The van der Waals surface area contributed by atoms with Gasteiger partial charge in [-0.3, -0.25) is 9.59 Å². The lowest BCUT2D eigenvalue weighted by Crippen LogP contribution is -2.28. The SMILES string of the molecule is Cc1nc(-c2cccc(N3C[C@@H](C(=O)Nc4ccc(F)c(Cl)c4)CC3=O)c2)no1. The molecular formula is C20H16ClFN4O3. The molecule has 1 atom stereocenters. The molecule has 29 heavy (non-hydrogen) atoms. The summed E-state index contributed by atoms with van der Waals surface area (Å²) in [6.45, 7) is 1.93. The van der Waals surface area contributed by atoms with Crippen LogP contribution < -0.4 is 10.2 Å². The molecule has 0 radical (unpaired) electrons. The number of hydrogen-bond acceptors (Lipinski definition) is 5. The highest BCUT2D eigenvalue weighted by molar-refractivity contribution is 6.31. The molecule has 0 saturated carbocycles. The zero-order valence-corrected chi connectivity index (χ0v) is 16.1. The smallest absolute Gasteiger partial charge is 0.229 e. The van der Waals surface area contributed by atoms with Gasteiger partial charge in [0.05, 0.1) is 10.9 Å². The third-order valence-electron chi connectivity index (χ3n) is 4.63. The van der Waals surface area contributed by atoms with Crippen molar-refractivity contribution in [1.29, 1.82) is 0 Å². The molecule has 1 aliphatic rings. The molecule has 2 heterocycles. The molecule has 3 aromatic rings. The second kappa shape index (κ2) is 7.63. The largest absolute Gasteiger partial charge is 0.339 e. The number of nitrogens with one attached hydrogen (secondary N) is 1. The van der Waals surface area contributed by atoms with Gasteiger partial charge in [-0.25, -0.2) is 4.39 Å². The first-order valence-corrected chi connectivity index (χ1v) is 9.25. The average Bonchev–Trinajstić information content (AvgIpc) is 3.31. The minimum Gasteiger partial charge on any atom is -0.339 e. The summed E-state index contributed by atoms with van der Waals surface area (Å²) in [6, 6.07) is 11.1. The fourth-order valence-electron chi connectivity index (χ4n) is 3.18. The van der Waals surface area contributed by atoms with Crippen molar-refractivity contribution >= 4 is 34.8 Å². The van der Waals surface area contributed by atoms with Gasteiger partial charge in [-0.15, -0.1) is 0 Å². The van der Waals surface area contributed by atoms with E-state index in [1.54, 1.807) is 30.0 Å². The van der Waals surface area contributed by atoms with E-state index in [-0.39, 0.29) is 29.8 Å². The van der Waals surface area contributed by atoms with Crippen molar-refractivity contribution in [3.63, 3.8) is 0 Å². The van der Waals surface area contributed by atoms with Crippen molar-refractivity contribution in [2.45, 2.75) is 13.3 Å². The molecule has 2 amide bonds. The fraction of sp³-hybridized carbons (Fsp3) is 0.200. The Labute approximate surface area is 170 Å². The molecule has 9 heteroatoms. The third-order valence-corrected chi connectivity index (χ3v) is 4.92. The number of rotatable bonds is 4. The maximum absolute atomic E-state index is 13.3. The Morgan fingerprint density at radius 1 is 1.31 bits per heavy atom. The highest BCUT2D eigenvalue weighted by atomic mass is 35.5. The van der Waals surface area contributed by atoms with Crippen LogP contribution in [0.1, 0.15) is 12.3 Å². The Morgan fingerprint density at radius 3 is 2.86 bits per heavy atom. The topological polar surface area (TPSA) is 88.3 Å². The van der Waals surface area contributed by atoms with Crippen molar-refractivity contribution in [2.75, 3.05) is 16.8 Å². The van der Waals surface area contributed by atoms with E-state index in [4.69, 9.17) is 16.1 Å². The standard InChI is InChI=1S/C20H16ClFN4O3/c1-11-23-19(25-29-11)12-3-2-4-15(7-12)26-10-13(8-18(26)27)20(28)24-14-5-6-17(22)16(21)9-14/h2-7,9,13H,8,10H2,1H3,(H,24,28)/t13-/m0/s1. The van der Waals surface area contributed by atoms with Crippen LogP contribution in [0.3, 0.4) is 0 Å². The summed E-state index contributed by atoms with van der Waals surface area (Å²) >= 11 is 5.74. The fourth-order valence-corrected chi connectivity index (χ4v) is 3.36. The van der Waals surface area contributed by atoms with Crippen molar-refractivity contribution in [3.05, 3.63) is 59.2 Å². The average molecular weight is 415 g/mol. The zero-order chi connectivity index (χ0) is 20.5. The van der Waals surface area contributed by atoms with Crippen LogP contribution in [0.25, 0.3) is 11.4 Å². The van der Waals surface area contributed by atoms with Gasteiger partial charge in [0.2, 0.25) is 23.5 Å². The van der Waals surface area contributed by atoms with Crippen LogP contribution in [-0.2, 0) is 9.59 Å². The quantitative estimate of drug-likeness (QED) is 0.701. The van der Waals surface area contributed by atoms with Crippen molar-refractivity contribution in [1.82, 2.24) is 10.1 Å². The number of carbonyl (C=O) groups is 2. The molecule has 1 N–H and O–H groups in total. The first kappa shape index (κ1) is 19.1. The number of nitrogens with zero attached hydrogens (tertiary/aromatic N) is 3. The van der Waals surface area contributed by atoms with Gasteiger partial charge in [0.25, 0.3) is 0 Å². The molecule has 148 valence electrons. The van der Waals surface area contributed by atoms with Gasteiger partial charge in [-0.1, -0.05) is 28.9 Å². The van der Waals surface area contributed by atoms with Gasteiger partial charge in [-0.05, 0) is 30.3 Å². The van der Waals surface area contributed by atoms with Crippen LogP contribution in [0.5, 0.6) is 0 Å². The van der Waals surface area contributed by atoms with Crippen LogP contribution in [0, 0.1) is 18.7 Å². The Bertz CT molecular complexity index is 1100. The second-order valence-electron chi connectivity index (χ2n) is 6.71. The monoisotopic (exact) mass is 414 g/mol. The van der Waals surface area contributed by atoms with Gasteiger partial charge in [-0.2, -0.15) is 4.98 Å². The molecule has 2 aromatic carbocycles. The molecule has 1 fully saturated rings. The van der Waals surface area contributed by atoms with E-state index in [1.165, 1.54) is 18.2 Å². The maximum atomic E-state index is 13.3. The summed E-state index contributed by atoms with van der Waals surface area (Å²) in [4.78, 5) is 30.8. The minimum atomic E-state index is -0.566. The van der Waals surface area contributed by atoms with Gasteiger partial charge >= 0.3 is 0 Å². The Kier molecular flexibility index (Phi) is 5.02. The molecule has 0 unspecified atom stereocenters. The van der Waals surface area contributed by atoms with E-state index in [2.05, 4.69) is 15.5 Å². The summed E-state index contributed by atoms with van der Waals surface area (Å²) in [5, 5.41) is 6.49. The van der Waals surface area contributed by atoms with Gasteiger partial charge in [0, 0.05) is 36.8 Å². The van der Waals surface area contributed by atoms with Gasteiger partial charge in [0.1, 0.15) is 5.82 Å². The molecule has 1 saturated heterocycles. The van der Waals surface area contributed by atoms with Crippen LogP contribution in [0.2, 0.25) is 5.02 Å². The Hall–Kier alpha value is -3.26. The molecule has 0 bridgehead atoms. The van der Waals surface area contributed by atoms with Gasteiger partial charge < -0.3 is 14.7 Å². The van der Waals surface area contributed by atoms with E-state index in [9.17, 15) is 14.0 Å². The molecule has 4 rings (SSSR count). The Balaban J connectivity index is 1.49. The molecule has 0 spiro atoms. The molecule has 1 aromatic heterocycles. The van der Waals surface area contributed by atoms with E-state index in [0.717, 1.165) is 0 Å². The summed E-state index contributed by atoms with van der Waals surface area (Å²) in [7, 11) is 0. The first-order chi connectivity index (χ1) is 13.9. The number of halogens is 2. The summed E-state index contributed by atoms with van der Waals surface area (Å²) in [6.07, 6.45) is 0.0757. The lowest BCUT2D eigenvalue weighted by Gasteiger charge is -2.17. The van der Waals surface area contributed by atoms with Crippen LogP contribution in [0.4, 0.5) is 15.8 Å². The normalized spacial score (nSPS) is 16.3. The maximum Gasteiger partial charge on any atom is 0.229 e. The summed E-state index contributed by atoms with van der Waals surface area (Å²) < 4.78 is 18.3. The van der Waals surface area contributed by atoms with Crippen LogP contribution >= 0.6 is 11.6 Å². The number of anilines is 2. The zero-order valence-electron chi connectivity index (χ0n) is 15.4. The van der Waals surface area contributed by atoms with Crippen molar-refractivity contribution in [2.24, 2.45) is 5.92 Å². The number of amides is 2. The second-order valence-corrected chi connectivity index (χ2v) is 7.12. The molecule has 0 aliphatic carbocycles. The highest BCUT2D eigenvalue weighted by Crippen LogP contribution is 2.29. The third kappa shape index (κ3) is 3.97. The lowest BCUT2D eigenvalue weighted by atomic mass is 10.1. The van der Waals surface area contributed by atoms with Crippen LogP contribution in [-0.4, -0.2) is 28.5 Å². The van der Waals surface area contributed by atoms with E-state index < -0.39 is 11.7 Å². The van der Waals surface area contributed by atoms with Crippen molar-refractivity contribution < 1.29 is 18.5 Å². The minimum absolute atomic E-state index is 0.0757. The number of aryl methyl sites for hydroxylation is 1. The number of aromatic nitrogens is 2.